The molecule has 0 saturated carbocycles. The van der Waals surface area contributed by atoms with Crippen molar-refractivity contribution in [3.8, 4) is 11.4 Å². The number of ether oxygens (including phenoxy) is 1. The van der Waals surface area contributed by atoms with Gasteiger partial charge in [0, 0.05) is 11.3 Å². The fourth-order valence-electron chi connectivity index (χ4n) is 2.38. The zero-order chi connectivity index (χ0) is 18.8. The summed E-state index contributed by atoms with van der Waals surface area (Å²) in [5, 5.41) is 3.82. The number of para-hydroxylation sites is 1. The zero-order valence-corrected chi connectivity index (χ0v) is 14.6. The first-order chi connectivity index (χ1) is 12.4. The minimum Gasteiger partial charge on any atom is -0.449 e. The van der Waals surface area contributed by atoms with Gasteiger partial charge in [-0.15, -0.1) is 0 Å². The Bertz CT molecular complexity index is 968. The van der Waals surface area contributed by atoms with Crippen LogP contribution in [0.3, 0.4) is 0 Å². The Balaban J connectivity index is 1.77. The number of halogens is 1. The number of benzene rings is 2. The molecule has 134 valence electrons. The summed E-state index contributed by atoms with van der Waals surface area (Å²) >= 11 is 0. The lowest BCUT2D eigenvalue weighted by Crippen LogP contribution is -2.12. The number of nitrogens with two attached hydrogens (primary N) is 1. The van der Waals surface area contributed by atoms with Crippen LogP contribution in [0.1, 0.15) is 40.4 Å². The van der Waals surface area contributed by atoms with E-state index in [-0.39, 0.29) is 23.1 Å². The Hall–Kier alpha value is -3.22. The van der Waals surface area contributed by atoms with Crippen molar-refractivity contribution in [2.24, 2.45) is 0 Å². The minimum absolute atomic E-state index is 0.112. The second-order valence-corrected chi connectivity index (χ2v) is 6.00. The Morgan fingerprint density at radius 2 is 2.00 bits per heavy atom. The summed E-state index contributed by atoms with van der Waals surface area (Å²) in [6.45, 7) is 5.08. The van der Waals surface area contributed by atoms with Gasteiger partial charge in [-0.3, -0.25) is 0 Å². The van der Waals surface area contributed by atoms with Gasteiger partial charge in [-0.25, -0.2) is 9.18 Å². The van der Waals surface area contributed by atoms with Crippen LogP contribution in [-0.4, -0.2) is 16.1 Å². The summed E-state index contributed by atoms with van der Waals surface area (Å²) in [6.07, 6.45) is -0.779. The molecule has 7 heteroatoms. The molecule has 3 aromatic rings. The van der Waals surface area contributed by atoms with E-state index in [4.69, 9.17) is 15.0 Å². The quantitative estimate of drug-likeness (QED) is 0.562. The molecule has 0 radical (unpaired) electrons. The average Bonchev–Trinajstić information content (AvgIpc) is 3.10. The third-order valence-corrected chi connectivity index (χ3v) is 4.05. The van der Waals surface area contributed by atoms with Crippen molar-refractivity contribution in [1.29, 1.82) is 0 Å². The monoisotopic (exact) mass is 355 g/mol. The molecular formula is C19H18FN3O3. The molecule has 0 saturated heterocycles. The lowest BCUT2D eigenvalue weighted by atomic mass is 10.1. The molecule has 26 heavy (non-hydrogen) atoms. The topological polar surface area (TPSA) is 91.2 Å². The second kappa shape index (κ2) is 6.95. The molecule has 6 nitrogen and oxygen atoms in total. The van der Waals surface area contributed by atoms with E-state index in [1.165, 1.54) is 6.07 Å². The summed E-state index contributed by atoms with van der Waals surface area (Å²) in [4.78, 5) is 16.5. The third-order valence-electron chi connectivity index (χ3n) is 4.05. The summed E-state index contributed by atoms with van der Waals surface area (Å²) in [5.74, 6) is -0.611. The maximum absolute atomic E-state index is 13.7. The van der Waals surface area contributed by atoms with Crippen molar-refractivity contribution in [1.82, 2.24) is 10.1 Å². The van der Waals surface area contributed by atoms with Crippen molar-refractivity contribution in [2.75, 3.05) is 5.73 Å². The molecule has 0 spiro atoms. The molecular weight excluding hydrogens is 337 g/mol. The Morgan fingerprint density at radius 3 is 2.73 bits per heavy atom. The second-order valence-electron chi connectivity index (χ2n) is 6.00. The first-order valence-corrected chi connectivity index (χ1v) is 8.03. The highest BCUT2D eigenvalue weighted by Crippen LogP contribution is 2.24. The van der Waals surface area contributed by atoms with Crippen LogP contribution in [0, 0.1) is 19.7 Å². The molecule has 1 atom stereocenters. The molecule has 1 unspecified atom stereocenters. The van der Waals surface area contributed by atoms with Gasteiger partial charge in [-0.1, -0.05) is 29.4 Å². The number of esters is 1. The van der Waals surface area contributed by atoms with Crippen molar-refractivity contribution in [2.45, 2.75) is 26.9 Å². The number of carbonyl (C=O) groups is 1. The highest BCUT2D eigenvalue weighted by atomic mass is 19.1. The van der Waals surface area contributed by atoms with Crippen molar-refractivity contribution in [3.05, 3.63) is 64.8 Å². The Morgan fingerprint density at radius 1 is 1.23 bits per heavy atom. The van der Waals surface area contributed by atoms with Gasteiger partial charge in [0.2, 0.25) is 5.82 Å². The van der Waals surface area contributed by atoms with Crippen LogP contribution in [0.2, 0.25) is 0 Å². The van der Waals surface area contributed by atoms with E-state index in [0.29, 0.717) is 16.8 Å². The summed E-state index contributed by atoms with van der Waals surface area (Å²) < 4.78 is 24.2. The van der Waals surface area contributed by atoms with Crippen LogP contribution in [0.15, 0.2) is 40.9 Å². The summed E-state index contributed by atoms with van der Waals surface area (Å²) in [6, 6.07) is 9.77. The van der Waals surface area contributed by atoms with Crippen LogP contribution in [0.5, 0.6) is 0 Å². The van der Waals surface area contributed by atoms with E-state index in [2.05, 4.69) is 10.1 Å². The standard InChI is InChI=1S/C19H18FN3O3/c1-10-7-8-13(9-15(10)20)17-22-18(26-23-17)12(3)25-19(24)14-6-4-5-11(2)16(14)21/h4-9,12H,21H2,1-3H3. The predicted octanol–water partition coefficient (Wildman–Crippen LogP) is 3.99. The number of nitrogen functional groups attached to an aromatic ring is 1. The highest BCUT2D eigenvalue weighted by Gasteiger charge is 2.22. The lowest BCUT2D eigenvalue weighted by molar-refractivity contribution is 0.0266. The third kappa shape index (κ3) is 3.42. The molecule has 0 aliphatic heterocycles. The van der Waals surface area contributed by atoms with Crippen molar-refractivity contribution < 1.29 is 18.4 Å². The molecule has 2 N–H and O–H groups in total. The van der Waals surface area contributed by atoms with Gasteiger partial charge in [0.1, 0.15) is 5.82 Å². The molecule has 0 amide bonds. The Labute approximate surface area is 149 Å². The van der Waals surface area contributed by atoms with Gasteiger partial charge < -0.3 is 15.0 Å². The fourth-order valence-corrected chi connectivity index (χ4v) is 2.38. The predicted molar refractivity (Wildman–Crippen MR) is 93.9 cm³/mol. The van der Waals surface area contributed by atoms with E-state index in [0.717, 1.165) is 5.56 Å². The number of anilines is 1. The van der Waals surface area contributed by atoms with Gasteiger partial charge >= 0.3 is 5.97 Å². The van der Waals surface area contributed by atoms with Crippen LogP contribution in [0.25, 0.3) is 11.4 Å². The SMILES string of the molecule is Cc1ccc(-c2noc(C(C)OC(=O)c3cccc(C)c3N)n2)cc1F. The van der Waals surface area contributed by atoms with E-state index in [1.54, 1.807) is 51.1 Å². The number of nitrogens with zero attached hydrogens (tertiary/aromatic N) is 2. The van der Waals surface area contributed by atoms with E-state index in [1.807, 2.05) is 0 Å². The number of hydrogen-bond donors (Lipinski definition) is 1. The maximum atomic E-state index is 13.7. The van der Waals surface area contributed by atoms with E-state index >= 15 is 0 Å². The van der Waals surface area contributed by atoms with Crippen LogP contribution < -0.4 is 5.73 Å². The largest absolute Gasteiger partial charge is 0.449 e. The van der Waals surface area contributed by atoms with Gasteiger partial charge in [-0.05, 0) is 44.0 Å². The van der Waals surface area contributed by atoms with Gasteiger partial charge in [-0.2, -0.15) is 4.98 Å². The summed E-state index contributed by atoms with van der Waals surface area (Å²) in [7, 11) is 0. The summed E-state index contributed by atoms with van der Waals surface area (Å²) in [5.41, 5.74) is 8.34. The molecule has 2 aromatic carbocycles. The van der Waals surface area contributed by atoms with Crippen molar-refractivity contribution in [3.63, 3.8) is 0 Å². The molecule has 1 heterocycles. The lowest BCUT2D eigenvalue weighted by Gasteiger charge is -2.11. The molecule has 1 aromatic heterocycles. The Kier molecular flexibility index (Phi) is 4.71. The van der Waals surface area contributed by atoms with E-state index in [9.17, 15) is 9.18 Å². The van der Waals surface area contributed by atoms with Gasteiger partial charge in [0.05, 0.1) is 5.56 Å². The molecule has 0 aliphatic carbocycles. The number of carbonyl (C=O) groups excluding carboxylic acids is 1. The number of aryl methyl sites for hydroxylation is 2. The molecule has 0 fully saturated rings. The van der Waals surface area contributed by atoms with Gasteiger partial charge in [0.25, 0.3) is 5.89 Å². The van der Waals surface area contributed by atoms with Crippen molar-refractivity contribution >= 4 is 11.7 Å². The van der Waals surface area contributed by atoms with E-state index < -0.39 is 12.1 Å². The van der Waals surface area contributed by atoms with Crippen LogP contribution in [0.4, 0.5) is 10.1 Å². The smallest absolute Gasteiger partial charge is 0.341 e. The minimum atomic E-state index is -0.779. The zero-order valence-electron chi connectivity index (χ0n) is 14.6. The molecule has 0 aliphatic rings. The number of aromatic nitrogens is 2. The number of rotatable bonds is 4. The molecule has 3 rings (SSSR count). The number of hydrogen-bond acceptors (Lipinski definition) is 6. The van der Waals surface area contributed by atoms with Crippen LogP contribution >= 0.6 is 0 Å². The first kappa shape index (κ1) is 17.6. The highest BCUT2D eigenvalue weighted by molar-refractivity contribution is 5.95. The average molecular weight is 355 g/mol. The fraction of sp³-hybridized carbons (Fsp3) is 0.211. The normalized spacial score (nSPS) is 12.0. The first-order valence-electron chi connectivity index (χ1n) is 8.03. The maximum Gasteiger partial charge on any atom is 0.341 e. The van der Waals surface area contributed by atoms with Gasteiger partial charge in [0.15, 0.2) is 6.10 Å². The van der Waals surface area contributed by atoms with Crippen LogP contribution in [-0.2, 0) is 4.74 Å². The molecule has 0 bridgehead atoms.